The van der Waals surface area contributed by atoms with Gasteiger partial charge in [-0.1, -0.05) is 103 Å². The van der Waals surface area contributed by atoms with Crippen LogP contribution in [0.1, 0.15) is 43.2 Å². The lowest BCUT2D eigenvalue weighted by atomic mass is 10.1. The number of rotatable bonds is 12. The van der Waals surface area contributed by atoms with Gasteiger partial charge in [-0.3, -0.25) is 14.3 Å². The van der Waals surface area contributed by atoms with Crippen molar-refractivity contribution in [3.05, 3.63) is 172 Å². The molecule has 4 aromatic carbocycles. The molecule has 0 saturated heterocycles. The van der Waals surface area contributed by atoms with Crippen LogP contribution in [0.25, 0.3) is 0 Å². The first-order valence-corrected chi connectivity index (χ1v) is 23.5. The quantitative estimate of drug-likeness (QED) is 0.0717. The normalized spacial score (nSPS) is 12.0. The van der Waals surface area contributed by atoms with E-state index in [0.29, 0.717) is 25.4 Å². The maximum atomic E-state index is 13.4. The maximum Gasteiger partial charge on any atom is 0.417 e. The van der Waals surface area contributed by atoms with Gasteiger partial charge in [0.05, 0.1) is 52.4 Å². The average Bonchev–Trinajstić information content (AvgIpc) is 3.22. The van der Waals surface area contributed by atoms with Crippen LogP contribution in [0, 0.1) is 0 Å². The lowest BCUT2D eigenvalue weighted by Crippen LogP contribution is -2.34. The summed E-state index contributed by atoms with van der Waals surface area (Å²) in [7, 11) is -8.06. The second kappa shape index (κ2) is 20.7. The number of hydrogen-bond acceptors (Lipinski definition) is 9. The summed E-state index contributed by atoms with van der Waals surface area (Å²) in [5.74, 6) is -1.28. The van der Waals surface area contributed by atoms with E-state index in [-0.39, 0.29) is 43.9 Å². The molecule has 0 unspecified atom stereocenters. The zero-order valence-electron chi connectivity index (χ0n) is 32.2. The number of benzene rings is 4. The molecule has 0 aliphatic rings. The van der Waals surface area contributed by atoms with E-state index in [0.717, 1.165) is 48.8 Å². The van der Waals surface area contributed by atoms with Gasteiger partial charge in [-0.25, -0.2) is 31.1 Å². The number of ether oxygens (including phenoxy) is 1. The minimum atomic E-state index is -4.90. The van der Waals surface area contributed by atoms with Gasteiger partial charge in [-0.2, -0.15) is 26.3 Å². The van der Waals surface area contributed by atoms with Gasteiger partial charge in [0, 0.05) is 39.6 Å². The standard InChI is InChI=1S/C21H14BrCl2F3N2O4S.C19H10BrCl2F3N2O3S/c1-33-11-29(34(31,32)13-6-7-17(24)15(9-13)21(25,26)27)18-8-12(23)10-28-19(18)20(30)14-4-2-3-5-16(14)22;20-14-4-2-1-3-12(14)18(28)17-16(7-10(21)9-26-17)27-31(29,30)11-5-6-15(22)13(8-11)19(23,24)25/h2-10H,11H2,1H3;1-9,27H. The number of ketones is 2. The summed E-state index contributed by atoms with van der Waals surface area (Å²) >= 11 is 29.6. The molecule has 2 aromatic heterocycles. The van der Waals surface area contributed by atoms with Crippen molar-refractivity contribution in [2.24, 2.45) is 0 Å². The zero-order valence-corrected chi connectivity index (χ0v) is 40.0. The van der Waals surface area contributed by atoms with Crippen LogP contribution in [-0.2, 0) is 37.1 Å². The van der Waals surface area contributed by atoms with Gasteiger partial charge in [0.25, 0.3) is 20.0 Å². The molecule has 0 saturated carbocycles. The number of nitrogens with zero attached hydrogens (tertiary/aromatic N) is 3. The van der Waals surface area contributed by atoms with E-state index >= 15 is 0 Å². The molecule has 342 valence electrons. The van der Waals surface area contributed by atoms with E-state index in [1.807, 2.05) is 0 Å². The van der Waals surface area contributed by atoms with Gasteiger partial charge in [-0.05, 0) is 72.8 Å². The highest BCUT2D eigenvalue weighted by molar-refractivity contribution is 9.10. The molecule has 65 heavy (non-hydrogen) atoms. The molecule has 6 aromatic rings. The summed E-state index contributed by atoms with van der Waals surface area (Å²) in [6.07, 6.45) is -7.46. The molecular formula is C40H24Br2Cl4F6N4O7S2. The number of carbonyl (C=O) groups is 2. The Balaban J connectivity index is 0.000000245. The smallest absolute Gasteiger partial charge is 0.363 e. The van der Waals surface area contributed by atoms with Gasteiger partial charge in [0.1, 0.15) is 18.1 Å². The summed E-state index contributed by atoms with van der Waals surface area (Å²) in [6.45, 7) is -0.648. The summed E-state index contributed by atoms with van der Waals surface area (Å²) in [5.41, 5.74) is -3.43. The Morgan fingerprint density at radius 3 is 1.60 bits per heavy atom. The second-order valence-electron chi connectivity index (χ2n) is 12.8. The zero-order chi connectivity index (χ0) is 48.2. The molecular weight excluding hydrogens is 1130 g/mol. The van der Waals surface area contributed by atoms with Gasteiger partial charge >= 0.3 is 12.4 Å². The van der Waals surface area contributed by atoms with Crippen LogP contribution in [0.2, 0.25) is 20.1 Å². The molecule has 6 rings (SSSR count). The van der Waals surface area contributed by atoms with Crippen LogP contribution in [-0.4, -0.2) is 52.2 Å². The molecule has 0 amide bonds. The fraction of sp³-hybridized carbons (Fsp3) is 0.100. The average molecular weight is 1150 g/mol. The number of nitrogens with one attached hydrogen (secondary N) is 1. The number of methoxy groups -OCH3 is 1. The number of pyridine rings is 2. The third-order valence-electron chi connectivity index (χ3n) is 8.50. The summed E-state index contributed by atoms with van der Waals surface area (Å²) < 4.78 is 140. The van der Waals surface area contributed by atoms with E-state index in [4.69, 9.17) is 51.1 Å². The van der Waals surface area contributed by atoms with Crippen LogP contribution in [0.15, 0.2) is 128 Å². The molecule has 0 aliphatic heterocycles. The van der Waals surface area contributed by atoms with E-state index in [9.17, 15) is 52.8 Å². The number of carbonyl (C=O) groups excluding carboxylic acids is 2. The van der Waals surface area contributed by atoms with E-state index < -0.39 is 81.7 Å². The fourth-order valence-electron chi connectivity index (χ4n) is 5.52. The minimum absolute atomic E-state index is 0.00784. The summed E-state index contributed by atoms with van der Waals surface area (Å²) in [4.78, 5) is 32.7. The summed E-state index contributed by atoms with van der Waals surface area (Å²) in [6, 6.07) is 19.4. The molecule has 0 aliphatic carbocycles. The number of anilines is 2. The summed E-state index contributed by atoms with van der Waals surface area (Å²) in [5, 5.41) is -1.32. The Labute approximate surface area is 403 Å². The molecule has 0 spiro atoms. The van der Waals surface area contributed by atoms with E-state index in [1.165, 1.54) is 19.2 Å². The first-order chi connectivity index (χ1) is 30.3. The van der Waals surface area contributed by atoms with Crippen molar-refractivity contribution < 1.29 is 57.5 Å². The van der Waals surface area contributed by atoms with Gasteiger partial charge in [-0.15, -0.1) is 0 Å². The predicted molar refractivity (Wildman–Crippen MR) is 239 cm³/mol. The largest absolute Gasteiger partial charge is 0.417 e. The van der Waals surface area contributed by atoms with Crippen molar-refractivity contribution in [3.63, 3.8) is 0 Å². The number of hydrogen-bond donors (Lipinski definition) is 1. The van der Waals surface area contributed by atoms with Crippen LogP contribution >= 0.6 is 78.3 Å². The highest BCUT2D eigenvalue weighted by Gasteiger charge is 2.37. The number of sulfonamides is 2. The number of aromatic nitrogens is 2. The topological polar surface area (TPSA) is 153 Å². The SMILES string of the molecule is COCN(c1cc(Cl)cnc1C(=O)c1ccccc1Br)S(=O)(=O)c1ccc(Cl)c(C(F)(F)F)c1.O=C(c1ccccc1Br)c1ncc(Cl)cc1NS(=O)(=O)c1ccc(Cl)c(C(F)(F)F)c1. The van der Waals surface area contributed by atoms with Gasteiger partial charge in [0.15, 0.2) is 0 Å². The van der Waals surface area contributed by atoms with Crippen molar-refractivity contribution in [3.8, 4) is 0 Å². The van der Waals surface area contributed by atoms with E-state index in [2.05, 4.69) is 46.5 Å². The number of halogens is 12. The predicted octanol–water partition coefficient (Wildman–Crippen LogP) is 12.4. The molecule has 11 nitrogen and oxygen atoms in total. The maximum absolute atomic E-state index is 13.4. The van der Waals surface area contributed by atoms with Crippen LogP contribution in [0.4, 0.5) is 37.7 Å². The third kappa shape index (κ3) is 12.2. The Morgan fingerprint density at radius 2 is 1.11 bits per heavy atom. The van der Waals surface area contributed by atoms with Crippen molar-refractivity contribution >= 4 is 121 Å². The highest BCUT2D eigenvalue weighted by atomic mass is 79.9. The lowest BCUT2D eigenvalue weighted by molar-refractivity contribution is -0.138. The Kier molecular flexibility index (Phi) is 16.4. The lowest BCUT2D eigenvalue weighted by Gasteiger charge is -2.25. The van der Waals surface area contributed by atoms with Crippen molar-refractivity contribution in [2.75, 3.05) is 22.9 Å². The van der Waals surface area contributed by atoms with Crippen molar-refractivity contribution in [1.82, 2.24) is 9.97 Å². The van der Waals surface area contributed by atoms with E-state index in [1.54, 1.807) is 36.4 Å². The second-order valence-corrected chi connectivity index (χ2v) is 19.8. The van der Waals surface area contributed by atoms with Crippen LogP contribution in [0.3, 0.4) is 0 Å². The molecule has 25 heteroatoms. The van der Waals surface area contributed by atoms with Crippen LogP contribution in [0.5, 0.6) is 0 Å². The van der Waals surface area contributed by atoms with Crippen LogP contribution < -0.4 is 9.03 Å². The molecule has 1 N–H and O–H groups in total. The molecule has 2 heterocycles. The fourth-order valence-corrected chi connectivity index (χ4v) is 9.70. The molecule has 0 fully saturated rings. The first-order valence-electron chi connectivity index (χ1n) is 17.5. The number of alkyl halides is 6. The highest BCUT2D eigenvalue weighted by Crippen LogP contribution is 2.39. The van der Waals surface area contributed by atoms with Gasteiger partial charge < -0.3 is 4.74 Å². The molecule has 0 radical (unpaired) electrons. The minimum Gasteiger partial charge on any atom is -0.363 e. The third-order valence-corrected chi connectivity index (χ3v) is 14.1. The molecule has 0 atom stereocenters. The first kappa shape index (κ1) is 51.7. The monoisotopic (exact) mass is 1150 g/mol. The Morgan fingerprint density at radius 1 is 0.662 bits per heavy atom. The molecule has 0 bridgehead atoms. The van der Waals surface area contributed by atoms with Crippen molar-refractivity contribution in [1.29, 1.82) is 0 Å². The Bertz CT molecular complexity index is 3040. The van der Waals surface area contributed by atoms with Gasteiger partial charge in [0.2, 0.25) is 11.6 Å². The Hall–Kier alpha value is -4.32. The van der Waals surface area contributed by atoms with Crippen molar-refractivity contribution in [2.45, 2.75) is 22.1 Å².